The number of para-hydroxylation sites is 1. The van der Waals surface area contributed by atoms with Gasteiger partial charge in [0.15, 0.2) is 5.58 Å². The molecule has 0 amide bonds. The van der Waals surface area contributed by atoms with Crippen LogP contribution in [0.25, 0.3) is 88.0 Å². The Labute approximate surface area is 285 Å². The Balaban J connectivity index is 1.12. The Kier molecular flexibility index (Phi) is 5.60. The molecule has 0 saturated heterocycles. The van der Waals surface area contributed by atoms with Crippen LogP contribution in [0.1, 0.15) is 0 Å². The third-order valence-electron chi connectivity index (χ3n) is 9.85. The highest BCUT2D eigenvalue weighted by Gasteiger charge is 2.22. The van der Waals surface area contributed by atoms with Gasteiger partial charge in [-0.25, -0.2) is 4.98 Å². The normalized spacial score (nSPS) is 12.0. The van der Waals surface area contributed by atoms with Gasteiger partial charge < -0.3 is 18.2 Å². The fourth-order valence-corrected chi connectivity index (χ4v) is 7.59. The van der Waals surface area contributed by atoms with Gasteiger partial charge in [0.1, 0.15) is 27.8 Å². The molecule has 8 aromatic carbocycles. The lowest BCUT2D eigenvalue weighted by molar-refractivity contribution is 0.623. The van der Waals surface area contributed by atoms with Gasteiger partial charge >= 0.3 is 0 Å². The van der Waals surface area contributed by atoms with E-state index in [9.17, 15) is 0 Å². The van der Waals surface area contributed by atoms with Crippen molar-refractivity contribution in [2.45, 2.75) is 0 Å². The van der Waals surface area contributed by atoms with Gasteiger partial charge in [-0.2, -0.15) is 0 Å². The first-order valence-corrected chi connectivity index (χ1v) is 16.7. The maximum atomic E-state index is 6.60. The van der Waals surface area contributed by atoms with E-state index >= 15 is 0 Å². The maximum Gasteiger partial charge on any atom is 0.228 e. The summed E-state index contributed by atoms with van der Waals surface area (Å²) in [7, 11) is 0. The van der Waals surface area contributed by atoms with Crippen LogP contribution in [0, 0.1) is 0 Å². The van der Waals surface area contributed by atoms with Crippen molar-refractivity contribution >= 4 is 93.6 Å². The maximum absolute atomic E-state index is 6.60. The molecule has 0 aliphatic heterocycles. The third kappa shape index (κ3) is 3.98. The summed E-state index contributed by atoms with van der Waals surface area (Å²) in [6, 6.07) is 54.4. The van der Waals surface area contributed by atoms with Gasteiger partial charge in [0.05, 0.1) is 11.1 Å². The minimum absolute atomic E-state index is 0.575. The lowest BCUT2D eigenvalue weighted by Gasteiger charge is -2.26. The number of fused-ring (bicyclic) bond motifs is 10. The van der Waals surface area contributed by atoms with Gasteiger partial charge in [-0.1, -0.05) is 84.9 Å². The Hall–Kier alpha value is -6.85. The van der Waals surface area contributed by atoms with Gasteiger partial charge in [0.2, 0.25) is 5.89 Å². The average molecular weight is 643 g/mol. The molecule has 3 aromatic heterocycles. The SMILES string of the molecule is c1ccc(N(c2ccc3c(c2)oc2cccc(-c4nc5ccc6ccccc6c5o4)c23)c2cccc3oc4cc5ccccc5cc4c23)cc1. The molecule has 0 N–H and O–H groups in total. The Morgan fingerprint density at radius 3 is 2.00 bits per heavy atom. The van der Waals surface area contributed by atoms with Crippen molar-refractivity contribution in [3.05, 3.63) is 158 Å². The quantitative estimate of drug-likeness (QED) is 0.191. The molecule has 0 bridgehead atoms. The lowest BCUT2D eigenvalue weighted by atomic mass is 10.0. The molecule has 11 rings (SSSR count). The van der Waals surface area contributed by atoms with E-state index in [4.69, 9.17) is 18.2 Å². The molecule has 0 fully saturated rings. The summed E-state index contributed by atoms with van der Waals surface area (Å²) in [6.45, 7) is 0. The fourth-order valence-electron chi connectivity index (χ4n) is 7.59. The molecule has 0 spiro atoms. The first kappa shape index (κ1) is 27.1. The van der Waals surface area contributed by atoms with Crippen molar-refractivity contribution in [1.82, 2.24) is 4.98 Å². The van der Waals surface area contributed by atoms with Crippen LogP contribution < -0.4 is 4.90 Å². The van der Waals surface area contributed by atoms with E-state index in [-0.39, 0.29) is 0 Å². The molecule has 0 atom stereocenters. The number of rotatable bonds is 4. The molecular weight excluding hydrogens is 617 g/mol. The molecule has 3 heterocycles. The second-order valence-electron chi connectivity index (χ2n) is 12.7. The Bertz CT molecular complexity index is 3110. The van der Waals surface area contributed by atoms with Crippen LogP contribution in [-0.4, -0.2) is 4.98 Å². The summed E-state index contributed by atoms with van der Waals surface area (Å²) in [4.78, 5) is 7.22. The highest BCUT2D eigenvalue weighted by molar-refractivity contribution is 6.17. The van der Waals surface area contributed by atoms with Gasteiger partial charge in [0.25, 0.3) is 0 Å². The molecule has 5 nitrogen and oxygen atoms in total. The zero-order valence-corrected chi connectivity index (χ0v) is 26.6. The number of furan rings is 2. The Morgan fingerprint density at radius 1 is 0.420 bits per heavy atom. The summed E-state index contributed by atoms with van der Waals surface area (Å²) < 4.78 is 19.6. The lowest BCUT2D eigenvalue weighted by Crippen LogP contribution is -2.10. The predicted molar refractivity (Wildman–Crippen MR) is 204 cm³/mol. The smallest absolute Gasteiger partial charge is 0.228 e. The second kappa shape index (κ2) is 10.3. The first-order valence-electron chi connectivity index (χ1n) is 16.7. The fraction of sp³-hybridized carbons (Fsp3) is 0. The van der Waals surface area contributed by atoms with E-state index in [1.54, 1.807) is 0 Å². The van der Waals surface area contributed by atoms with E-state index in [1.165, 1.54) is 5.39 Å². The summed E-state index contributed by atoms with van der Waals surface area (Å²) in [5.74, 6) is 0.575. The number of anilines is 3. The topological polar surface area (TPSA) is 55.6 Å². The number of nitrogens with zero attached hydrogens (tertiary/aromatic N) is 2. The van der Waals surface area contributed by atoms with E-state index in [1.807, 2.05) is 42.5 Å². The van der Waals surface area contributed by atoms with Gasteiger partial charge in [-0.3, -0.25) is 0 Å². The molecule has 0 radical (unpaired) electrons. The van der Waals surface area contributed by atoms with E-state index in [0.717, 1.165) is 93.8 Å². The van der Waals surface area contributed by atoms with Gasteiger partial charge in [-0.05, 0) is 82.9 Å². The summed E-state index contributed by atoms with van der Waals surface area (Å²) in [6.07, 6.45) is 0. The number of benzene rings is 8. The third-order valence-corrected chi connectivity index (χ3v) is 9.85. The highest BCUT2D eigenvalue weighted by atomic mass is 16.4. The first-order chi connectivity index (χ1) is 24.8. The molecule has 234 valence electrons. The molecule has 0 saturated carbocycles. The van der Waals surface area contributed by atoms with Crippen LogP contribution in [0.5, 0.6) is 0 Å². The molecular formula is C45H26N2O3. The van der Waals surface area contributed by atoms with Crippen LogP contribution in [-0.2, 0) is 0 Å². The van der Waals surface area contributed by atoms with Crippen LogP contribution in [0.4, 0.5) is 17.1 Å². The Morgan fingerprint density at radius 2 is 1.14 bits per heavy atom. The minimum Gasteiger partial charge on any atom is -0.456 e. The molecule has 0 aliphatic rings. The minimum atomic E-state index is 0.575. The van der Waals surface area contributed by atoms with Crippen LogP contribution in [0.3, 0.4) is 0 Å². The van der Waals surface area contributed by atoms with Crippen molar-refractivity contribution in [1.29, 1.82) is 0 Å². The summed E-state index contributed by atoms with van der Waals surface area (Å²) >= 11 is 0. The number of oxazole rings is 1. The van der Waals surface area contributed by atoms with Crippen molar-refractivity contribution in [3.63, 3.8) is 0 Å². The van der Waals surface area contributed by atoms with E-state index < -0.39 is 0 Å². The largest absolute Gasteiger partial charge is 0.456 e. The zero-order valence-electron chi connectivity index (χ0n) is 26.6. The van der Waals surface area contributed by atoms with E-state index in [0.29, 0.717) is 5.89 Å². The van der Waals surface area contributed by atoms with Crippen molar-refractivity contribution in [2.75, 3.05) is 4.90 Å². The summed E-state index contributed by atoms with van der Waals surface area (Å²) in [5.41, 5.74) is 8.82. The van der Waals surface area contributed by atoms with Crippen molar-refractivity contribution in [2.24, 2.45) is 0 Å². The standard InChI is InChI=1S/C45H26N2O3/c1-2-13-30(14-3-1)47(37-17-9-19-39-43(37)35-24-28-11-4-5-12-29(28)25-40(35)49-39)31-21-22-33-41(26-31)48-38-18-8-16-34(42(33)38)45-46-36-23-20-27-10-6-7-15-32(27)44(36)50-45/h1-26H. The number of aromatic nitrogens is 1. The van der Waals surface area contributed by atoms with E-state index in [2.05, 4.69) is 120 Å². The van der Waals surface area contributed by atoms with Crippen molar-refractivity contribution < 1.29 is 13.3 Å². The van der Waals surface area contributed by atoms with Crippen LogP contribution in [0.15, 0.2) is 171 Å². The molecule has 11 aromatic rings. The molecule has 50 heavy (non-hydrogen) atoms. The second-order valence-corrected chi connectivity index (χ2v) is 12.7. The molecule has 5 heteroatoms. The average Bonchev–Trinajstić information content (AvgIpc) is 3.88. The highest BCUT2D eigenvalue weighted by Crippen LogP contribution is 2.45. The molecule has 0 unspecified atom stereocenters. The predicted octanol–water partition coefficient (Wildman–Crippen LogP) is 13.1. The molecule has 0 aliphatic carbocycles. The van der Waals surface area contributed by atoms with Gasteiger partial charge in [-0.15, -0.1) is 0 Å². The monoisotopic (exact) mass is 642 g/mol. The number of hydrogen-bond donors (Lipinski definition) is 0. The zero-order chi connectivity index (χ0) is 32.8. The number of hydrogen-bond acceptors (Lipinski definition) is 5. The van der Waals surface area contributed by atoms with Crippen LogP contribution in [0.2, 0.25) is 0 Å². The van der Waals surface area contributed by atoms with Crippen molar-refractivity contribution in [3.8, 4) is 11.5 Å². The summed E-state index contributed by atoms with van der Waals surface area (Å²) in [5, 5.41) is 8.62. The van der Waals surface area contributed by atoms with Crippen LogP contribution >= 0.6 is 0 Å². The van der Waals surface area contributed by atoms with Gasteiger partial charge in [0, 0.05) is 44.5 Å².